The maximum atomic E-state index is 12.5. The van der Waals surface area contributed by atoms with Crippen LogP contribution in [0.25, 0.3) is 11.4 Å². The fourth-order valence-electron chi connectivity index (χ4n) is 4.01. The summed E-state index contributed by atoms with van der Waals surface area (Å²) in [7, 11) is 0. The molecule has 4 rings (SSSR count). The maximum absolute atomic E-state index is 12.5. The van der Waals surface area contributed by atoms with Crippen molar-refractivity contribution in [3.05, 3.63) is 29.7 Å². The van der Waals surface area contributed by atoms with Gasteiger partial charge in [0.2, 0.25) is 23.5 Å². The minimum Gasteiger partial charge on any atom is -0.380 e. The molecule has 2 aliphatic heterocycles. The standard InChI is InChI=1S/C24H31N5O4/c1-24(2,3)11-20(30)29-8-6-15(7-9-29)23-27-21(28-33-23)16-4-5-17(12-25)19(10-16)26-22(31)18-13-32-14-18/h4-5,10,12,15,18,25H,6-9,11,13-14H2,1-3H3,(H,26,31). The molecule has 9 nitrogen and oxygen atoms in total. The van der Waals surface area contributed by atoms with E-state index in [2.05, 4.69) is 36.2 Å². The number of nitrogens with one attached hydrogen (secondary N) is 2. The SMILES string of the molecule is CC(C)(C)CC(=O)N1CCC(c2nc(-c3ccc(C=N)c(NC(=O)C4COC4)c3)no2)CC1. The second kappa shape index (κ2) is 9.43. The van der Waals surface area contributed by atoms with Crippen molar-refractivity contribution in [3.63, 3.8) is 0 Å². The first-order chi connectivity index (χ1) is 15.7. The molecule has 0 atom stereocenters. The van der Waals surface area contributed by atoms with Crippen LogP contribution in [0.15, 0.2) is 22.7 Å². The summed E-state index contributed by atoms with van der Waals surface area (Å²) in [6.45, 7) is 8.43. The van der Waals surface area contributed by atoms with Crippen LogP contribution in [0.4, 0.5) is 5.69 Å². The number of rotatable bonds is 6. The average molecular weight is 454 g/mol. The Morgan fingerprint density at radius 1 is 1.24 bits per heavy atom. The molecular formula is C24H31N5O4. The van der Waals surface area contributed by atoms with Gasteiger partial charge in [0.15, 0.2) is 0 Å². The molecule has 0 aliphatic carbocycles. The Kier molecular flexibility index (Phi) is 6.60. The molecule has 9 heteroatoms. The van der Waals surface area contributed by atoms with Gasteiger partial charge >= 0.3 is 0 Å². The van der Waals surface area contributed by atoms with Crippen molar-refractivity contribution in [3.8, 4) is 11.4 Å². The van der Waals surface area contributed by atoms with Crippen LogP contribution in [-0.2, 0) is 14.3 Å². The average Bonchev–Trinajstić information content (AvgIpc) is 3.21. The third-order valence-corrected chi connectivity index (χ3v) is 6.05. The molecule has 2 aliphatic rings. The quantitative estimate of drug-likeness (QED) is 0.646. The highest BCUT2D eigenvalue weighted by molar-refractivity contribution is 5.99. The van der Waals surface area contributed by atoms with Crippen LogP contribution in [0.2, 0.25) is 0 Å². The third-order valence-electron chi connectivity index (χ3n) is 6.05. The van der Waals surface area contributed by atoms with Gasteiger partial charge in [0.05, 0.1) is 24.8 Å². The van der Waals surface area contributed by atoms with Crippen LogP contribution >= 0.6 is 0 Å². The van der Waals surface area contributed by atoms with Crippen LogP contribution in [0.1, 0.15) is 57.4 Å². The number of aromatic nitrogens is 2. The molecule has 33 heavy (non-hydrogen) atoms. The highest BCUT2D eigenvalue weighted by atomic mass is 16.5. The predicted molar refractivity (Wildman–Crippen MR) is 123 cm³/mol. The molecule has 2 N–H and O–H groups in total. The number of hydrogen-bond acceptors (Lipinski definition) is 7. The van der Waals surface area contributed by atoms with E-state index >= 15 is 0 Å². The Morgan fingerprint density at radius 3 is 2.58 bits per heavy atom. The van der Waals surface area contributed by atoms with Gasteiger partial charge in [0.1, 0.15) is 0 Å². The number of hydrogen-bond donors (Lipinski definition) is 2. The second-order valence-corrected chi connectivity index (χ2v) is 10.0. The zero-order valence-electron chi connectivity index (χ0n) is 19.4. The number of likely N-dealkylation sites (tertiary alicyclic amines) is 1. The summed E-state index contributed by atoms with van der Waals surface area (Å²) < 4.78 is 10.6. The number of ether oxygens (including phenoxy) is 1. The third kappa shape index (κ3) is 5.47. The van der Waals surface area contributed by atoms with Gasteiger partial charge < -0.3 is 24.9 Å². The summed E-state index contributed by atoms with van der Waals surface area (Å²) in [4.78, 5) is 31.4. The van der Waals surface area contributed by atoms with Crippen LogP contribution in [0.5, 0.6) is 0 Å². The maximum Gasteiger partial charge on any atom is 0.232 e. The van der Waals surface area contributed by atoms with Crippen molar-refractivity contribution in [2.75, 3.05) is 31.6 Å². The summed E-state index contributed by atoms with van der Waals surface area (Å²) >= 11 is 0. The molecule has 0 saturated carbocycles. The first-order valence-electron chi connectivity index (χ1n) is 11.4. The van der Waals surface area contributed by atoms with Gasteiger partial charge in [-0.15, -0.1) is 0 Å². The number of carbonyl (C=O) groups excluding carboxylic acids is 2. The van der Waals surface area contributed by atoms with Crippen LogP contribution in [0.3, 0.4) is 0 Å². The monoisotopic (exact) mass is 453 g/mol. The molecule has 0 bridgehead atoms. The van der Waals surface area contributed by atoms with Crippen molar-refractivity contribution in [1.29, 1.82) is 5.41 Å². The van der Waals surface area contributed by atoms with E-state index in [1.165, 1.54) is 6.21 Å². The fourth-order valence-corrected chi connectivity index (χ4v) is 4.01. The molecular weight excluding hydrogens is 422 g/mol. The number of amides is 2. The number of benzene rings is 1. The molecule has 2 saturated heterocycles. The second-order valence-electron chi connectivity index (χ2n) is 10.0. The van der Waals surface area contributed by atoms with Crippen LogP contribution < -0.4 is 5.32 Å². The van der Waals surface area contributed by atoms with Crippen molar-refractivity contribution >= 4 is 23.7 Å². The Hall–Kier alpha value is -3.07. The normalized spacial score (nSPS) is 17.5. The van der Waals surface area contributed by atoms with Gasteiger partial charge in [0.25, 0.3) is 0 Å². The van der Waals surface area contributed by atoms with Crippen molar-refractivity contribution < 1.29 is 18.8 Å². The van der Waals surface area contributed by atoms with Crippen molar-refractivity contribution in [1.82, 2.24) is 15.0 Å². The molecule has 1 aromatic heterocycles. The van der Waals surface area contributed by atoms with Gasteiger partial charge in [0, 0.05) is 42.8 Å². The molecule has 1 aromatic carbocycles. The highest BCUT2D eigenvalue weighted by Gasteiger charge is 2.30. The Labute approximate surface area is 193 Å². The summed E-state index contributed by atoms with van der Waals surface area (Å²) in [5.41, 5.74) is 1.82. The Morgan fingerprint density at radius 2 is 1.97 bits per heavy atom. The molecule has 2 aromatic rings. The number of piperidine rings is 1. The van der Waals surface area contributed by atoms with E-state index in [4.69, 9.17) is 14.7 Å². The lowest BCUT2D eigenvalue weighted by Gasteiger charge is -2.32. The minimum absolute atomic E-state index is 0.0213. The molecule has 0 spiro atoms. The largest absolute Gasteiger partial charge is 0.380 e. The van der Waals surface area contributed by atoms with Gasteiger partial charge in [-0.25, -0.2) is 0 Å². The summed E-state index contributed by atoms with van der Waals surface area (Å²) in [5, 5.41) is 14.7. The zero-order valence-corrected chi connectivity index (χ0v) is 19.4. The van der Waals surface area contributed by atoms with Gasteiger partial charge in [-0.3, -0.25) is 9.59 Å². The predicted octanol–water partition coefficient (Wildman–Crippen LogP) is 3.46. The Bertz CT molecular complexity index is 1030. The van der Waals surface area contributed by atoms with E-state index in [1.807, 2.05) is 11.0 Å². The molecule has 0 unspecified atom stereocenters. The van der Waals surface area contributed by atoms with Crippen molar-refractivity contribution in [2.45, 2.75) is 46.0 Å². The van der Waals surface area contributed by atoms with Gasteiger partial charge in [-0.05, 0) is 24.3 Å². The van der Waals surface area contributed by atoms with E-state index in [0.717, 1.165) is 12.8 Å². The first-order valence-corrected chi connectivity index (χ1v) is 11.4. The lowest BCUT2D eigenvalue weighted by molar-refractivity contribution is -0.134. The first kappa shape index (κ1) is 23.1. The summed E-state index contributed by atoms with van der Waals surface area (Å²) in [6, 6.07) is 5.33. The molecule has 3 heterocycles. The van der Waals surface area contributed by atoms with Crippen LogP contribution in [0, 0.1) is 16.7 Å². The smallest absolute Gasteiger partial charge is 0.232 e. The Balaban J connectivity index is 1.42. The number of carbonyl (C=O) groups is 2. The van der Waals surface area contributed by atoms with Gasteiger partial charge in [-0.1, -0.05) is 38.1 Å². The van der Waals surface area contributed by atoms with Gasteiger partial charge in [-0.2, -0.15) is 4.98 Å². The molecule has 2 fully saturated rings. The molecule has 2 amide bonds. The van der Waals surface area contributed by atoms with E-state index < -0.39 is 0 Å². The van der Waals surface area contributed by atoms with E-state index in [0.29, 0.717) is 61.3 Å². The molecule has 0 radical (unpaired) electrons. The van der Waals surface area contributed by atoms with E-state index in [-0.39, 0.29) is 29.1 Å². The lowest BCUT2D eigenvalue weighted by Crippen LogP contribution is -2.39. The van der Waals surface area contributed by atoms with E-state index in [9.17, 15) is 9.59 Å². The molecule has 176 valence electrons. The number of anilines is 1. The topological polar surface area (TPSA) is 121 Å². The fraction of sp³-hybridized carbons (Fsp3) is 0.542. The zero-order chi connectivity index (χ0) is 23.6. The number of nitrogens with zero attached hydrogens (tertiary/aromatic N) is 3. The van der Waals surface area contributed by atoms with Crippen molar-refractivity contribution in [2.24, 2.45) is 11.3 Å². The summed E-state index contributed by atoms with van der Waals surface area (Å²) in [5.74, 6) is 1.04. The van der Waals surface area contributed by atoms with E-state index in [1.54, 1.807) is 12.1 Å². The lowest BCUT2D eigenvalue weighted by atomic mass is 9.90. The summed E-state index contributed by atoms with van der Waals surface area (Å²) in [6.07, 6.45) is 3.32. The van der Waals surface area contributed by atoms with Crippen LogP contribution in [-0.4, -0.2) is 59.4 Å². The highest BCUT2D eigenvalue weighted by Crippen LogP contribution is 2.31. The minimum atomic E-state index is -0.162.